The number of alkyl halides is 1. The van der Waals surface area contributed by atoms with Crippen molar-refractivity contribution in [2.75, 3.05) is 18.0 Å². The van der Waals surface area contributed by atoms with Gasteiger partial charge in [-0.15, -0.1) is 0 Å². The quantitative estimate of drug-likeness (QED) is 0.693. The third-order valence-corrected chi connectivity index (χ3v) is 3.08. The molecule has 1 saturated heterocycles. The number of anilines is 1. The van der Waals surface area contributed by atoms with E-state index < -0.39 is 6.17 Å². The lowest BCUT2D eigenvalue weighted by Gasteiger charge is -2.27. The fourth-order valence-corrected chi connectivity index (χ4v) is 2.18. The van der Waals surface area contributed by atoms with Gasteiger partial charge in [-0.2, -0.15) is 4.37 Å². The third-order valence-electron chi connectivity index (χ3n) is 2.21. The summed E-state index contributed by atoms with van der Waals surface area (Å²) in [4.78, 5) is 6.38. The highest BCUT2D eigenvalue weighted by Gasteiger charge is 2.20. The van der Waals surface area contributed by atoms with Crippen LogP contribution in [0.2, 0.25) is 0 Å². The van der Waals surface area contributed by atoms with Crippen LogP contribution in [0.15, 0.2) is 0 Å². The van der Waals surface area contributed by atoms with Crippen LogP contribution >= 0.6 is 11.5 Å². The second-order valence-electron chi connectivity index (χ2n) is 3.29. The fraction of sp³-hybridized carbons (Fsp3) is 0.750. The van der Waals surface area contributed by atoms with E-state index >= 15 is 0 Å². The first-order valence-corrected chi connectivity index (χ1v) is 5.22. The minimum Gasteiger partial charge on any atom is -0.347 e. The number of nitrogens with zero attached hydrogens (tertiary/aromatic N) is 3. The number of piperidine rings is 1. The maximum absolute atomic E-state index is 12.8. The SMILES string of the molecule is Cc1nsc(N2CCC(F)CC2)n1. The van der Waals surface area contributed by atoms with Gasteiger partial charge < -0.3 is 4.90 Å². The molecule has 0 spiro atoms. The number of hydrogen-bond acceptors (Lipinski definition) is 4. The Kier molecular flexibility index (Phi) is 2.44. The van der Waals surface area contributed by atoms with Crippen molar-refractivity contribution < 1.29 is 4.39 Å². The molecule has 0 bridgehead atoms. The Balaban J connectivity index is 2.02. The Labute approximate surface area is 80.8 Å². The summed E-state index contributed by atoms with van der Waals surface area (Å²) in [6, 6.07) is 0. The first-order valence-electron chi connectivity index (χ1n) is 4.45. The van der Waals surface area contributed by atoms with E-state index in [2.05, 4.69) is 14.3 Å². The van der Waals surface area contributed by atoms with Gasteiger partial charge in [-0.1, -0.05) is 0 Å². The zero-order valence-corrected chi connectivity index (χ0v) is 8.35. The van der Waals surface area contributed by atoms with Gasteiger partial charge in [-0.3, -0.25) is 0 Å². The zero-order valence-electron chi connectivity index (χ0n) is 7.53. The zero-order chi connectivity index (χ0) is 9.26. The minimum absolute atomic E-state index is 0.620. The van der Waals surface area contributed by atoms with E-state index in [0.717, 1.165) is 24.0 Å². The van der Waals surface area contributed by atoms with Crippen molar-refractivity contribution in [3.05, 3.63) is 5.82 Å². The molecule has 2 rings (SSSR count). The van der Waals surface area contributed by atoms with Crippen molar-refractivity contribution in [1.82, 2.24) is 9.36 Å². The van der Waals surface area contributed by atoms with Gasteiger partial charge in [0.2, 0.25) is 5.13 Å². The summed E-state index contributed by atoms with van der Waals surface area (Å²) in [7, 11) is 0. The van der Waals surface area contributed by atoms with E-state index in [1.165, 1.54) is 11.5 Å². The number of halogens is 1. The molecule has 13 heavy (non-hydrogen) atoms. The topological polar surface area (TPSA) is 29.0 Å². The molecular weight excluding hydrogens is 189 g/mol. The molecule has 1 aromatic heterocycles. The van der Waals surface area contributed by atoms with Crippen LogP contribution in [0.3, 0.4) is 0 Å². The lowest BCUT2D eigenvalue weighted by molar-refractivity contribution is 0.277. The Bertz CT molecular complexity index is 281. The van der Waals surface area contributed by atoms with Crippen LogP contribution < -0.4 is 4.90 Å². The van der Waals surface area contributed by atoms with Crippen molar-refractivity contribution in [3.63, 3.8) is 0 Å². The average Bonchev–Trinajstić information content (AvgIpc) is 2.53. The van der Waals surface area contributed by atoms with Crippen LogP contribution in [-0.4, -0.2) is 28.6 Å². The van der Waals surface area contributed by atoms with Gasteiger partial charge in [-0.25, -0.2) is 9.37 Å². The average molecular weight is 201 g/mol. The summed E-state index contributed by atoms with van der Waals surface area (Å²) >= 11 is 1.40. The van der Waals surface area contributed by atoms with Crippen LogP contribution in [0.25, 0.3) is 0 Å². The summed E-state index contributed by atoms with van der Waals surface area (Å²) in [5.41, 5.74) is 0. The highest BCUT2D eigenvalue weighted by Crippen LogP contribution is 2.22. The van der Waals surface area contributed by atoms with E-state index in [4.69, 9.17) is 0 Å². The third kappa shape index (κ3) is 1.96. The van der Waals surface area contributed by atoms with Crippen LogP contribution in [-0.2, 0) is 0 Å². The molecule has 1 fully saturated rings. The van der Waals surface area contributed by atoms with Crippen molar-refractivity contribution >= 4 is 16.7 Å². The predicted molar refractivity (Wildman–Crippen MR) is 51.0 cm³/mol. The molecule has 2 heterocycles. The Morgan fingerprint density at radius 3 is 2.69 bits per heavy atom. The smallest absolute Gasteiger partial charge is 0.205 e. The molecule has 0 N–H and O–H groups in total. The van der Waals surface area contributed by atoms with Crippen LogP contribution in [0, 0.1) is 6.92 Å². The molecule has 0 aliphatic carbocycles. The normalized spacial score (nSPS) is 19.4. The lowest BCUT2D eigenvalue weighted by atomic mass is 10.1. The van der Waals surface area contributed by atoms with Crippen molar-refractivity contribution in [2.24, 2.45) is 0 Å². The summed E-state index contributed by atoms with van der Waals surface area (Å²) in [5, 5.41) is 0.935. The highest BCUT2D eigenvalue weighted by atomic mass is 32.1. The molecule has 0 radical (unpaired) electrons. The summed E-state index contributed by atoms with van der Waals surface area (Å²) < 4.78 is 16.9. The minimum atomic E-state index is -0.620. The van der Waals surface area contributed by atoms with Gasteiger partial charge in [0, 0.05) is 24.6 Å². The molecule has 1 aromatic rings. The van der Waals surface area contributed by atoms with E-state index in [-0.39, 0.29) is 0 Å². The molecule has 1 aliphatic rings. The Hall–Kier alpha value is -0.710. The summed E-state index contributed by atoms with van der Waals surface area (Å²) in [6.07, 6.45) is 0.627. The van der Waals surface area contributed by atoms with Crippen LogP contribution in [0.1, 0.15) is 18.7 Å². The van der Waals surface area contributed by atoms with E-state index in [0.29, 0.717) is 12.8 Å². The molecular formula is C8H12FN3S. The number of aromatic nitrogens is 2. The number of rotatable bonds is 1. The molecule has 1 aliphatic heterocycles. The molecule has 0 aromatic carbocycles. The number of hydrogen-bond donors (Lipinski definition) is 0. The highest BCUT2D eigenvalue weighted by molar-refractivity contribution is 7.09. The first kappa shape index (κ1) is 8.87. The fourth-order valence-electron chi connectivity index (χ4n) is 1.45. The maximum Gasteiger partial charge on any atom is 0.205 e. The van der Waals surface area contributed by atoms with Gasteiger partial charge in [0.15, 0.2) is 0 Å². The molecule has 0 saturated carbocycles. The molecule has 3 nitrogen and oxygen atoms in total. The first-order chi connectivity index (χ1) is 6.25. The number of aryl methyl sites for hydroxylation is 1. The van der Waals surface area contributed by atoms with Crippen LogP contribution in [0.5, 0.6) is 0 Å². The maximum atomic E-state index is 12.8. The van der Waals surface area contributed by atoms with Crippen LogP contribution in [0.4, 0.5) is 9.52 Å². The van der Waals surface area contributed by atoms with Gasteiger partial charge >= 0.3 is 0 Å². The standard InChI is InChI=1S/C8H12FN3S/c1-6-10-8(13-11-6)12-4-2-7(9)3-5-12/h7H,2-5H2,1H3. The molecule has 5 heteroatoms. The van der Waals surface area contributed by atoms with E-state index in [1.54, 1.807) is 0 Å². The van der Waals surface area contributed by atoms with Gasteiger partial charge in [0.05, 0.1) is 0 Å². The Morgan fingerprint density at radius 2 is 2.15 bits per heavy atom. The summed E-state index contributed by atoms with van der Waals surface area (Å²) in [6.45, 7) is 3.42. The molecule has 0 amide bonds. The second kappa shape index (κ2) is 3.57. The Morgan fingerprint density at radius 1 is 1.46 bits per heavy atom. The second-order valence-corrected chi connectivity index (χ2v) is 4.02. The van der Waals surface area contributed by atoms with Gasteiger partial charge in [0.1, 0.15) is 12.0 Å². The van der Waals surface area contributed by atoms with Gasteiger partial charge in [-0.05, 0) is 19.8 Å². The monoisotopic (exact) mass is 201 g/mol. The predicted octanol–water partition coefficient (Wildman–Crippen LogP) is 1.78. The molecule has 0 atom stereocenters. The molecule has 72 valence electrons. The van der Waals surface area contributed by atoms with E-state index in [1.807, 2.05) is 6.92 Å². The van der Waals surface area contributed by atoms with Crippen molar-refractivity contribution in [1.29, 1.82) is 0 Å². The largest absolute Gasteiger partial charge is 0.347 e. The summed E-state index contributed by atoms with van der Waals surface area (Å²) in [5.74, 6) is 0.808. The van der Waals surface area contributed by atoms with Crippen molar-refractivity contribution in [2.45, 2.75) is 25.9 Å². The van der Waals surface area contributed by atoms with Crippen molar-refractivity contribution in [3.8, 4) is 0 Å². The lowest BCUT2D eigenvalue weighted by Crippen LogP contribution is -2.34. The van der Waals surface area contributed by atoms with Gasteiger partial charge in [0.25, 0.3) is 0 Å². The van der Waals surface area contributed by atoms with E-state index in [9.17, 15) is 4.39 Å². The molecule has 0 unspecified atom stereocenters.